The van der Waals surface area contributed by atoms with E-state index in [0.717, 1.165) is 11.0 Å². The average molecular weight is 251 g/mol. The molecular formula is C15H25NS. The molecule has 0 aliphatic carbocycles. The second-order valence-electron chi connectivity index (χ2n) is 4.75. The predicted molar refractivity (Wildman–Crippen MR) is 79.9 cm³/mol. The Labute approximate surface area is 110 Å². The second-order valence-corrected chi connectivity index (χ2v) is 6.22. The Morgan fingerprint density at radius 1 is 1.29 bits per heavy atom. The Morgan fingerprint density at radius 3 is 2.53 bits per heavy atom. The topological polar surface area (TPSA) is 12.0 Å². The highest BCUT2D eigenvalue weighted by molar-refractivity contribution is 7.99. The molecule has 2 unspecified atom stereocenters. The molecule has 96 valence electrons. The highest BCUT2D eigenvalue weighted by Crippen LogP contribution is 2.25. The third-order valence-corrected chi connectivity index (χ3v) is 4.70. The Hall–Kier alpha value is -0.470. The minimum absolute atomic E-state index is 0.467. The Balaban J connectivity index is 2.72. The van der Waals surface area contributed by atoms with E-state index in [-0.39, 0.29) is 0 Å². The molecule has 0 amide bonds. The molecule has 0 aliphatic heterocycles. The Morgan fingerprint density at radius 2 is 2.00 bits per heavy atom. The highest BCUT2D eigenvalue weighted by atomic mass is 32.2. The lowest BCUT2D eigenvalue weighted by atomic mass is 10.0. The van der Waals surface area contributed by atoms with Crippen LogP contribution in [0.15, 0.2) is 18.2 Å². The zero-order chi connectivity index (χ0) is 12.8. The first-order chi connectivity index (χ1) is 8.08. The predicted octanol–water partition coefficient (Wildman–Crippen LogP) is 4.10. The number of hydrogen-bond acceptors (Lipinski definition) is 2. The highest BCUT2D eigenvalue weighted by Gasteiger charge is 2.13. The summed E-state index contributed by atoms with van der Waals surface area (Å²) in [5, 5.41) is 4.18. The number of aryl methyl sites for hydroxylation is 2. The SMILES string of the molecule is CCC(C)SCC(NC)c1ccc(C)cc1C. The first-order valence-electron chi connectivity index (χ1n) is 6.44. The summed E-state index contributed by atoms with van der Waals surface area (Å²) in [6.07, 6.45) is 1.24. The van der Waals surface area contributed by atoms with Crippen molar-refractivity contribution in [3.8, 4) is 0 Å². The largest absolute Gasteiger partial charge is 0.312 e. The summed E-state index contributed by atoms with van der Waals surface area (Å²) >= 11 is 2.05. The van der Waals surface area contributed by atoms with E-state index in [2.05, 4.69) is 70.0 Å². The maximum absolute atomic E-state index is 3.44. The molecule has 0 aliphatic rings. The van der Waals surface area contributed by atoms with Crippen molar-refractivity contribution >= 4 is 11.8 Å². The molecule has 0 bridgehead atoms. The van der Waals surface area contributed by atoms with Crippen LogP contribution in [0.5, 0.6) is 0 Å². The first-order valence-corrected chi connectivity index (χ1v) is 7.49. The molecule has 17 heavy (non-hydrogen) atoms. The molecule has 0 saturated heterocycles. The van der Waals surface area contributed by atoms with E-state index in [0.29, 0.717) is 6.04 Å². The smallest absolute Gasteiger partial charge is 0.0412 e. The van der Waals surface area contributed by atoms with Gasteiger partial charge in [0.2, 0.25) is 0 Å². The zero-order valence-electron chi connectivity index (χ0n) is 11.7. The van der Waals surface area contributed by atoms with E-state index < -0.39 is 0 Å². The number of benzene rings is 1. The molecule has 0 radical (unpaired) electrons. The van der Waals surface area contributed by atoms with Gasteiger partial charge in [-0.15, -0.1) is 0 Å². The lowest BCUT2D eigenvalue weighted by Gasteiger charge is -2.20. The molecule has 1 rings (SSSR count). The van der Waals surface area contributed by atoms with Crippen molar-refractivity contribution in [1.82, 2.24) is 5.32 Å². The van der Waals surface area contributed by atoms with Gasteiger partial charge in [-0.2, -0.15) is 11.8 Å². The van der Waals surface area contributed by atoms with E-state index in [1.807, 2.05) is 0 Å². The third kappa shape index (κ3) is 4.36. The Bertz CT molecular complexity index is 349. The third-order valence-electron chi connectivity index (χ3n) is 3.27. The standard InChI is InChI=1S/C15H25NS/c1-6-13(4)17-10-15(16-5)14-8-7-11(2)9-12(14)3/h7-9,13,15-16H,6,10H2,1-5H3. The molecule has 1 N–H and O–H groups in total. The van der Waals surface area contributed by atoms with Gasteiger partial charge in [-0.05, 0) is 38.4 Å². The van der Waals surface area contributed by atoms with Gasteiger partial charge in [0.05, 0.1) is 0 Å². The van der Waals surface area contributed by atoms with E-state index in [4.69, 9.17) is 0 Å². The van der Waals surface area contributed by atoms with Gasteiger partial charge in [0.25, 0.3) is 0 Å². The second kappa shape index (κ2) is 7.07. The van der Waals surface area contributed by atoms with E-state index >= 15 is 0 Å². The fourth-order valence-corrected chi connectivity index (χ4v) is 3.03. The monoisotopic (exact) mass is 251 g/mol. The molecule has 0 fully saturated rings. The van der Waals surface area contributed by atoms with E-state index in [9.17, 15) is 0 Å². The van der Waals surface area contributed by atoms with Gasteiger partial charge in [-0.3, -0.25) is 0 Å². The van der Waals surface area contributed by atoms with Gasteiger partial charge in [0.1, 0.15) is 0 Å². The number of nitrogens with one attached hydrogen (secondary N) is 1. The maximum Gasteiger partial charge on any atom is 0.0412 e. The maximum atomic E-state index is 3.44. The summed E-state index contributed by atoms with van der Waals surface area (Å²) < 4.78 is 0. The molecule has 1 aromatic carbocycles. The van der Waals surface area contributed by atoms with Gasteiger partial charge in [-0.1, -0.05) is 37.6 Å². The number of hydrogen-bond donors (Lipinski definition) is 1. The summed E-state index contributed by atoms with van der Waals surface area (Å²) in [6, 6.07) is 7.21. The van der Waals surface area contributed by atoms with E-state index in [1.54, 1.807) is 0 Å². The molecule has 1 aromatic rings. The fraction of sp³-hybridized carbons (Fsp3) is 0.600. The number of rotatable bonds is 6. The van der Waals surface area contributed by atoms with Crippen LogP contribution in [-0.2, 0) is 0 Å². The van der Waals surface area contributed by atoms with Gasteiger partial charge >= 0.3 is 0 Å². The summed E-state index contributed by atoms with van der Waals surface area (Å²) in [5.74, 6) is 1.15. The Kier molecular flexibility index (Phi) is 6.07. The van der Waals surface area contributed by atoms with Crippen LogP contribution in [-0.4, -0.2) is 18.1 Å². The zero-order valence-corrected chi connectivity index (χ0v) is 12.5. The van der Waals surface area contributed by atoms with Gasteiger partial charge in [0.15, 0.2) is 0 Å². The van der Waals surface area contributed by atoms with Crippen LogP contribution in [0, 0.1) is 13.8 Å². The normalized spacial score (nSPS) is 14.6. The van der Waals surface area contributed by atoms with Crippen LogP contribution in [0.2, 0.25) is 0 Å². The van der Waals surface area contributed by atoms with Crippen molar-refractivity contribution in [3.05, 3.63) is 34.9 Å². The molecule has 0 saturated carbocycles. The van der Waals surface area contributed by atoms with Crippen LogP contribution >= 0.6 is 11.8 Å². The molecule has 0 heterocycles. The van der Waals surface area contributed by atoms with Crippen molar-refractivity contribution in [2.75, 3.05) is 12.8 Å². The molecule has 1 nitrogen and oxygen atoms in total. The summed E-state index contributed by atoms with van der Waals surface area (Å²) in [7, 11) is 2.06. The summed E-state index contributed by atoms with van der Waals surface area (Å²) in [5.41, 5.74) is 4.18. The quantitative estimate of drug-likeness (QED) is 0.817. The molecule has 2 heteroatoms. The summed E-state index contributed by atoms with van der Waals surface area (Å²) in [4.78, 5) is 0. The average Bonchev–Trinajstić information content (AvgIpc) is 2.31. The van der Waals surface area contributed by atoms with Crippen molar-refractivity contribution in [3.63, 3.8) is 0 Å². The van der Waals surface area contributed by atoms with E-state index in [1.165, 1.54) is 23.1 Å². The van der Waals surface area contributed by atoms with Gasteiger partial charge < -0.3 is 5.32 Å². The van der Waals surface area contributed by atoms with Crippen LogP contribution in [0.4, 0.5) is 0 Å². The van der Waals surface area contributed by atoms with Crippen LogP contribution in [0.1, 0.15) is 43.0 Å². The van der Waals surface area contributed by atoms with Crippen LogP contribution in [0.25, 0.3) is 0 Å². The molecular weight excluding hydrogens is 226 g/mol. The molecule has 0 aromatic heterocycles. The van der Waals surface area contributed by atoms with Crippen LogP contribution in [0.3, 0.4) is 0 Å². The summed E-state index contributed by atoms with van der Waals surface area (Å²) in [6.45, 7) is 8.92. The van der Waals surface area contributed by atoms with Gasteiger partial charge in [-0.25, -0.2) is 0 Å². The van der Waals surface area contributed by atoms with Crippen molar-refractivity contribution in [2.45, 2.75) is 45.4 Å². The lowest BCUT2D eigenvalue weighted by Crippen LogP contribution is -2.20. The van der Waals surface area contributed by atoms with Crippen molar-refractivity contribution in [2.24, 2.45) is 0 Å². The molecule has 0 spiro atoms. The first kappa shape index (κ1) is 14.6. The minimum atomic E-state index is 0.467. The number of thioether (sulfide) groups is 1. The van der Waals surface area contributed by atoms with Crippen LogP contribution < -0.4 is 5.32 Å². The lowest BCUT2D eigenvalue weighted by molar-refractivity contribution is 0.656. The minimum Gasteiger partial charge on any atom is -0.312 e. The molecule has 2 atom stereocenters. The van der Waals surface area contributed by atoms with Gasteiger partial charge in [0, 0.05) is 17.0 Å². The van der Waals surface area contributed by atoms with Crippen molar-refractivity contribution in [1.29, 1.82) is 0 Å². The fourth-order valence-electron chi connectivity index (χ4n) is 1.92. The van der Waals surface area contributed by atoms with Crippen molar-refractivity contribution < 1.29 is 0 Å².